The lowest BCUT2D eigenvalue weighted by Crippen LogP contribution is -2.38. The van der Waals surface area contributed by atoms with Crippen molar-refractivity contribution in [3.05, 3.63) is 22.3 Å². The molecular weight excluding hydrogens is 306 g/mol. The number of nitrogens with zero attached hydrogens (tertiary/aromatic N) is 1. The second-order valence-corrected chi connectivity index (χ2v) is 6.07. The summed E-state index contributed by atoms with van der Waals surface area (Å²) in [6.07, 6.45) is 6.90. The van der Waals surface area contributed by atoms with Crippen molar-refractivity contribution in [2.45, 2.75) is 45.1 Å². The van der Waals surface area contributed by atoms with Gasteiger partial charge in [-0.15, -0.1) is 0 Å². The van der Waals surface area contributed by atoms with Gasteiger partial charge < -0.3 is 11.1 Å². The van der Waals surface area contributed by atoms with E-state index >= 15 is 0 Å². The normalized spacial score (nSPS) is 23.7. The van der Waals surface area contributed by atoms with Gasteiger partial charge in [0.1, 0.15) is 5.82 Å². The fourth-order valence-electron chi connectivity index (χ4n) is 2.49. The maximum absolute atomic E-state index is 12.3. The molecule has 1 amide bonds. The van der Waals surface area contributed by atoms with Crippen molar-refractivity contribution >= 4 is 27.7 Å². The summed E-state index contributed by atoms with van der Waals surface area (Å²) in [5.74, 6) is 0.513. The van der Waals surface area contributed by atoms with Crippen LogP contribution >= 0.6 is 15.9 Å². The van der Waals surface area contributed by atoms with E-state index < -0.39 is 0 Å². The average Bonchev–Trinajstić information content (AvgIpc) is 2.58. The number of anilines is 1. The quantitative estimate of drug-likeness (QED) is 0.821. The van der Waals surface area contributed by atoms with Crippen molar-refractivity contribution < 1.29 is 4.79 Å². The average molecular weight is 326 g/mol. The third-order valence-electron chi connectivity index (χ3n) is 3.70. The second kappa shape index (κ2) is 6.48. The predicted octanol–water partition coefficient (Wildman–Crippen LogP) is 3.00. The summed E-state index contributed by atoms with van der Waals surface area (Å²) in [5.41, 5.74) is 7.15. The lowest BCUT2D eigenvalue weighted by molar-refractivity contribution is -0.120. The predicted molar refractivity (Wildman–Crippen MR) is 79.9 cm³/mol. The number of nitrogens with two attached hydrogens (primary N) is 1. The SMILES string of the molecule is Cc1cc(NC(=O)C2CCCCCC2N)ncc1Br. The number of nitrogens with one attached hydrogen (secondary N) is 1. The number of aromatic nitrogens is 1. The van der Waals surface area contributed by atoms with Gasteiger partial charge >= 0.3 is 0 Å². The third-order valence-corrected chi connectivity index (χ3v) is 4.53. The Hall–Kier alpha value is -0.940. The summed E-state index contributed by atoms with van der Waals surface area (Å²) in [6.45, 7) is 1.97. The molecule has 1 aliphatic carbocycles. The minimum atomic E-state index is -0.0896. The van der Waals surface area contributed by atoms with E-state index in [2.05, 4.69) is 26.2 Å². The maximum Gasteiger partial charge on any atom is 0.230 e. The standard InChI is InChI=1S/C14H20BrN3O/c1-9-7-13(17-8-11(9)15)18-14(19)10-5-3-2-4-6-12(10)16/h7-8,10,12H,2-6,16H2,1H3,(H,17,18,19). The Bertz CT molecular complexity index is 464. The number of pyridine rings is 1. The fourth-order valence-corrected chi connectivity index (χ4v) is 2.71. The Morgan fingerprint density at radius 2 is 2.16 bits per heavy atom. The Morgan fingerprint density at radius 1 is 1.42 bits per heavy atom. The monoisotopic (exact) mass is 325 g/mol. The van der Waals surface area contributed by atoms with Gasteiger partial charge in [-0.1, -0.05) is 19.3 Å². The summed E-state index contributed by atoms with van der Waals surface area (Å²) in [7, 11) is 0. The van der Waals surface area contributed by atoms with Crippen LogP contribution < -0.4 is 11.1 Å². The van der Waals surface area contributed by atoms with Gasteiger partial charge in [0.2, 0.25) is 5.91 Å². The molecule has 1 aliphatic rings. The molecule has 1 saturated carbocycles. The molecule has 0 saturated heterocycles. The van der Waals surface area contributed by atoms with E-state index in [9.17, 15) is 4.79 Å². The summed E-state index contributed by atoms with van der Waals surface area (Å²) in [5, 5.41) is 2.89. The van der Waals surface area contributed by atoms with E-state index in [-0.39, 0.29) is 17.9 Å². The molecular formula is C14H20BrN3O. The van der Waals surface area contributed by atoms with E-state index in [1.807, 2.05) is 13.0 Å². The zero-order chi connectivity index (χ0) is 13.8. The van der Waals surface area contributed by atoms with Gasteiger partial charge in [0.15, 0.2) is 0 Å². The van der Waals surface area contributed by atoms with Gasteiger partial charge in [0.25, 0.3) is 0 Å². The minimum Gasteiger partial charge on any atom is -0.327 e. The number of aryl methyl sites for hydroxylation is 1. The fraction of sp³-hybridized carbons (Fsp3) is 0.571. The summed E-state index contributed by atoms with van der Waals surface area (Å²) in [6, 6.07) is 1.84. The number of halogens is 1. The smallest absolute Gasteiger partial charge is 0.230 e. The number of hydrogen-bond donors (Lipinski definition) is 2. The largest absolute Gasteiger partial charge is 0.327 e. The van der Waals surface area contributed by atoms with E-state index in [0.717, 1.165) is 35.7 Å². The Kier molecular flexibility index (Phi) is 4.93. The van der Waals surface area contributed by atoms with Crippen LogP contribution in [0, 0.1) is 12.8 Å². The molecule has 5 heteroatoms. The van der Waals surface area contributed by atoms with Crippen LogP contribution in [-0.4, -0.2) is 16.9 Å². The third kappa shape index (κ3) is 3.76. The highest BCUT2D eigenvalue weighted by atomic mass is 79.9. The van der Waals surface area contributed by atoms with Crippen molar-refractivity contribution in [1.29, 1.82) is 0 Å². The molecule has 2 rings (SSSR count). The molecule has 4 nitrogen and oxygen atoms in total. The summed E-state index contributed by atoms with van der Waals surface area (Å²) in [4.78, 5) is 16.5. The van der Waals surface area contributed by atoms with Crippen LogP contribution in [0.3, 0.4) is 0 Å². The number of carbonyl (C=O) groups excluding carboxylic acids is 1. The molecule has 0 radical (unpaired) electrons. The van der Waals surface area contributed by atoms with Crippen LogP contribution in [0.25, 0.3) is 0 Å². The molecule has 0 spiro atoms. The first-order valence-corrected chi connectivity index (χ1v) is 7.56. The summed E-state index contributed by atoms with van der Waals surface area (Å²) < 4.78 is 0.941. The highest BCUT2D eigenvalue weighted by Gasteiger charge is 2.27. The van der Waals surface area contributed by atoms with E-state index in [1.54, 1.807) is 6.20 Å². The molecule has 2 unspecified atom stereocenters. The first kappa shape index (κ1) is 14.5. The van der Waals surface area contributed by atoms with E-state index in [4.69, 9.17) is 5.73 Å². The summed E-state index contributed by atoms with van der Waals surface area (Å²) >= 11 is 3.40. The van der Waals surface area contributed by atoms with Gasteiger partial charge in [-0.3, -0.25) is 4.79 Å². The topological polar surface area (TPSA) is 68.0 Å². The van der Waals surface area contributed by atoms with Gasteiger partial charge in [-0.2, -0.15) is 0 Å². The number of carbonyl (C=O) groups is 1. The number of rotatable bonds is 2. The van der Waals surface area contributed by atoms with Crippen molar-refractivity contribution in [2.24, 2.45) is 11.7 Å². The zero-order valence-electron chi connectivity index (χ0n) is 11.2. The first-order valence-electron chi connectivity index (χ1n) is 6.76. The van der Waals surface area contributed by atoms with Crippen molar-refractivity contribution in [3.63, 3.8) is 0 Å². The molecule has 2 atom stereocenters. The lowest BCUT2D eigenvalue weighted by atomic mass is 9.94. The highest BCUT2D eigenvalue weighted by Crippen LogP contribution is 2.24. The van der Waals surface area contributed by atoms with Crippen LogP contribution in [0.5, 0.6) is 0 Å². The van der Waals surface area contributed by atoms with Crippen LogP contribution in [0.1, 0.15) is 37.7 Å². The van der Waals surface area contributed by atoms with Gasteiger partial charge in [0.05, 0.1) is 5.92 Å². The molecule has 19 heavy (non-hydrogen) atoms. The second-order valence-electron chi connectivity index (χ2n) is 5.22. The van der Waals surface area contributed by atoms with Crippen molar-refractivity contribution in [2.75, 3.05) is 5.32 Å². The molecule has 1 heterocycles. The van der Waals surface area contributed by atoms with Crippen LogP contribution in [0.15, 0.2) is 16.7 Å². The van der Waals surface area contributed by atoms with Crippen molar-refractivity contribution in [1.82, 2.24) is 4.98 Å². The maximum atomic E-state index is 12.3. The minimum absolute atomic E-state index is 0.00335. The molecule has 3 N–H and O–H groups in total. The highest BCUT2D eigenvalue weighted by molar-refractivity contribution is 9.10. The molecule has 0 bridgehead atoms. The Morgan fingerprint density at radius 3 is 2.89 bits per heavy atom. The van der Waals surface area contributed by atoms with Crippen molar-refractivity contribution in [3.8, 4) is 0 Å². The van der Waals surface area contributed by atoms with E-state index in [0.29, 0.717) is 5.82 Å². The molecule has 0 aromatic carbocycles. The Balaban J connectivity index is 2.04. The molecule has 1 fully saturated rings. The lowest BCUT2D eigenvalue weighted by Gasteiger charge is -2.20. The van der Waals surface area contributed by atoms with Crippen LogP contribution in [0.2, 0.25) is 0 Å². The molecule has 1 aromatic heterocycles. The van der Waals surface area contributed by atoms with Crippen LogP contribution in [0.4, 0.5) is 5.82 Å². The first-order chi connectivity index (χ1) is 9.08. The van der Waals surface area contributed by atoms with Gasteiger partial charge in [-0.25, -0.2) is 4.98 Å². The number of amides is 1. The molecule has 1 aromatic rings. The van der Waals surface area contributed by atoms with Gasteiger partial charge in [0, 0.05) is 16.7 Å². The number of hydrogen-bond acceptors (Lipinski definition) is 3. The van der Waals surface area contributed by atoms with Gasteiger partial charge in [-0.05, 0) is 47.3 Å². The Labute approximate surface area is 122 Å². The molecule has 0 aliphatic heterocycles. The van der Waals surface area contributed by atoms with Crippen LogP contribution in [-0.2, 0) is 4.79 Å². The molecule has 104 valence electrons. The zero-order valence-corrected chi connectivity index (χ0v) is 12.7. The van der Waals surface area contributed by atoms with E-state index in [1.165, 1.54) is 6.42 Å².